The van der Waals surface area contributed by atoms with Gasteiger partial charge in [0.25, 0.3) is 0 Å². The molecular weight excluding hydrogens is 434 g/mol. The molecule has 0 aliphatic carbocycles. The largest absolute Gasteiger partial charge is 0.457 e. The van der Waals surface area contributed by atoms with Crippen LogP contribution in [-0.4, -0.2) is 52.5 Å². The quantitative estimate of drug-likeness (QED) is 0.346. The molecule has 9 nitrogen and oxygen atoms in total. The minimum Gasteiger partial charge on any atom is -0.457 e. The van der Waals surface area contributed by atoms with Crippen molar-refractivity contribution in [2.45, 2.75) is 18.7 Å². The van der Waals surface area contributed by atoms with Crippen LogP contribution in [0.15, 0.2) is 66.7 Å². The van der Waals surface area contributed by atoms with E-state index in [0.29, 0.717) is 48.9 Å². The van der Waals surface area contributed by atoms with Crippen molar-refractivity contribution >= 4 is 11.7 Å². The van der Waals surface area contributed by atoms with E-state index in [9.17, 15) is 9.90 Å². The van der Waals surface area contributed by atoms with Gasteiger partial charge in [0, 0.05) is 31.8 Å². The fourth-order valence-corrected chi connectivity index (χ4v) is 4.04. The van der Waals surface area contributed by atoms with Crippen LogP contribution in [0.4, 0.5) is 5.82 Å². The minimum absolute atomic E-state index is 0.0846. The molecule has 34 heavy (non-hydrogen) atoms. The molecule has 2 heterocycles. The summed E-state index contributed by atoms with van der Waals surface area (Å²) in [6.07, 6.45) is 2.60. The molecule has 2 atom stereocenters. The second-order valence-corrected chi connectivity index (χ2v) is 8.06. The number of para-hydroxylation sites is 1. The Bertz CT molecular complexity index is 1140. The van der Waals surface area contributed by atoms with Gasteiger partial charge in [-0.15, -0.1) is 0 Å². The van der Waals surface area contributed by atoms with Crippen LogP contribution in [0.3, 0.4) is 0 Å². The zero-order valence-electron chi connectivity index (χ0n) is 19.0. The summed E-state index contributed by atoms with van der Waals surface area (Å²) in [5.74, 6) is 1.62. The standard InChI is InChI=1S/C25H29N5O4/c1-33-15-5-8-21(31)29-14-13-18(16-29)30-24(26)22(25(27)32)23(28-30)17-9-11-20(12-10-17)34-19-6-3-2-4-7-19/h2-12,18,25,32H,13-16,26-27H2,1H3/b8-5+/t18-,25?/m1/s1. The molecule has 1 aromatic heterocycles. The van der Waals surface area contributed by atoms with Crippen molar-refractivity contribution in [3.63, 3.8) is 0 Å². The number of hydrogen-bond donors (Lipinski definition) is 3. The molecule has 1 saturated heterocycles. The fourth-order valence-electron chi connectivity index (χ4n) is 4.04. The van der Waals surface area contributed by atoms with Gasteiger partial charge in [0.1, 0.15) is 29.2 Å². The Morgan fingerprint density at radius 3 is 2.59 bits per heavy atom. The molecule has 0 bridgehead atoms. The van der Waals surface area contributed by atoms with Gasteiger partial charge in [0.15, 0.2) is 0 Å². The highest BCUT2D eigenvalue weighted by Gasteiger charge is 2.31. The Labute approximate surface area is 198 Å². The number of aliphatic hydroxyl groups excluding tert-OH is 1. The van der Waals surface area contributed by atoms with Crippen LogP contribution in [0.25, 0.3) is 11.3 Å². The van der Waals surface area contributed by atoms with E-state index in [4.69, 9.17) is 26.0 Å². The number of methoxy groups -OCH3 is 1. The number of anilines is 1. The van der Waals surface area contributed by atoms with Crippen molar-refractivity contribution in [2.24, 2.45) is 5.73 Å². The number of nitrogen functional groups attached to an aromatic ring is 1. The van der Waals surface area contributed by atoms with Gasteiger partial charge in [0.2, 0.25) is 5.91 Å². The highest BCUT2D eigenvalue weighted by atomic mass is 16.5. The van der Waals surface area contributed by atoms with Gasteiger partial charge in [-0.05, 0) is 42.8 Å². The van der Waals surface area contributed by atoms with Crippen molar-refractivity contribution < 1.29 is 19.4 Å². The van der Waals surface area contributed by atoms with Crippen molar-refractivity contribution in [1.29, 1.82) is 0 Å². The summed E-state index contributed by atoms with van der Waals surface area (Å²) in [6, 6.07) is 16.7. The van der Waals surface area contributed by atoms with Gasteiger partial charge in [-0.2, -0.15) is 5.10 Å². The zero-order valence-corrected chi connectivity index (χ0v) is 19.0. The number of likely N-dealkylation sites (tertiary alicyclic amines) is 1. The highest BCUT2D eigenvalue weighted by Crippen LogP contribution is 2.35. The Hall–Kier alpha value is -3.66. The van der Waals surface area contributed by atoms with E-state index in [1.54, 1.807) is 22.8 Å². The van der Waals surface area contributed by atoms with Crippen LogP contribution in [0.2, 0.25) is 0 Å². The minimum atomic E-state index is -1.29. The lowest BCUT2D eigenvalue weighted by Gasteiger charge is -2.16. The molecule has 3 aromatic rings. The molecule has 2 aromatic carbocycles. The smallest absolute Gasteiger partial charge is 0.246 e. The van der Waals surface area contributed by atoms with Crippen molar-refractivity contribution in [3.05, 3.63) is 72.3 Å². The molecule has 4 rings (SSSR count). The van der Waals surface area contributed by atoms with E-state index in [2.05, 4.69) is 0 Å². The molecule has 1 amide bonds. The molecule has 1 aliphatic rings. The molecule has 9 heteroatoms. The van der Waals surface area contributed by atoms with Gasteiger partial charge in [0.05, 0.1) is 18.2 Å². The lowest BCUT2D eigenvalue weighted by Crippen LogP contribution is -2.28. The van der Waals surface area contributed by atoms with E-state index in [1.165, 1.54) is 6.08 Å². The molecular formula is C25H29N5O4. The SMILES string of the molecule is COC/C=C/C(=O)N1CC[C@@H](n2nc(-c3ccc(Oc4ccccc4)cc3)c(C(N)O)c2N)C1. The second-order valence-electron chi connectivity index (χ2n) is 8.06. The fraction of sp³-hybridized carbons (Fsp3) is 0.280. The number of carbonyl (C=O) groups is 1. The summed E-state index contributed by atoms with van der Waals surface area (Å²) in [5.41, 5.74) is 13.8. The third-order valence-electron chi connectivity index (χ3n) is 5.73. The monoisotopic (exact) mass is 463 g/mol. The summed E-state index contributed by atoms with van der Waals surface area (Å²) in [4.78, 5) is 14.1. The van der Waals surface area contributed by atoms with Gasteiger partial charge in [-0.25, -0.2) is 4.68 Å². The first-order valence-electron chi connectivity index (χ1n) is 11.1. The maximum absolute atomic E-state index is 12.4. The summed E-state index contributed by atoms with van der Waals surface area (Å²) in [7, 11) is 1.58. The average Bonchev–Trinajstić information content (AvgIpc) is 3.45. The topological polar surface area (TPSA) is 129 Å². The predicted octanol–water partition coefficient (Wildman–Crippen LogP) is 2.85. The van der Waals surface area contributed by atoms with Crippen LogP contribution in [0, 0.1) is 0 Å². The van der Waals surface area contributed by atoms with E-state index >= 15 is 0 Å². The van der Waals surface area contributed by atoms with Crippen LogP contribution in [-0.2, 0) is 9.53 Å². The summed E-state index contributed by atoms with van der Waals surface area (Å²) < 4.78 is 12.5. The molecule has 1 aliphatic heterocycles. The normalized spacial score (nSPS) is 16.8. The summed E-state index contributed by atoms with van der Waals surface area (Å²) in [5, 5.41) is 14.9. The van der Waals surface area contributed by atoms with Crippen LogP contribution >= 0.6 is 0 Å². The third-order valence-corrected chi connectivity index (χ3v) is 5.73. The van der Waals surface area contributed by atoms with Gasteiger partial charge in [-0.1, -0.05) is 24.3 Å². The zero-order chi connectivity index (χ0) is 24.1. The second kappa shape index (κ2) is 10.5. The summed E-state index contributed by atoms with van der Waals surface area (Å²) >= 11 is 0. The lowest BCUT2D eigenvalue weighted by molar-refractivity contribution is -0.125. The van der Waals surface area contributed by atoms with Crippen molar-refractivity contribution in [1.82, 2.24) is 14.7 Å². The third kappa shape index (κ3) is 5.12. The first-order valence-corrected chi connectivity index (χ1v) is 11.1. The number of rotatable bonds is 8. The van der Waals surface area contributed by atoms with Crippen LogP contribution in [0.5, 0.6) is 11.5 Å². The molecule has 178 valence electrons. The molecule has 5 N–H and O–H groups in total. The van der Waals surface area contributed by atoms with Crippen molar-refractivity contribution in [2.75, 3.05) is 32.5 Å². The number of amides is 1. The maximum Gasteiger partial charge on any atom is 0.246 e. The number of nitrogens with two attached hydrogens (primary N) is 2. The lowest BCUT2D eigenvalue weighted by atomic mass is 10.1. The van der Waals surface area contributed by atoms with Crippen LogP contribution < -0.4 is 16.2 Å². The first-order chi connectivity index (χ1) is 16.5. The molecule has 1 fully saturated rings. The number of nitrogens with zero attached hydrogens (tertiary/aromatic N) is 3. The van der Waals surface area contributed by atoms with E-state index in [0.717, 1.165) is 11.3 Å². The van der Waals surface area contributed by atoms with Gasteiger partial charge in [-0.3, -0.25) is 4.79 Å². The van der Waals surface area contributed by atoms with E-state index in [1.807, 2.05) is 54.6 Å². The number of ether oxygens (including phenoxy) is 2. The molecule has 1 unspecified atom stereocenters. The van der Waals surface area contributed by atoms with E-state index < -0.39 is 6.23 Å². The Morgan fingerprint density at radius 1 is 1.21 bits per heavy atom. The Morgan fingerprint density at radius 2 is 1.91 bits per heavy atom. The maximum atomic E-state index is 12.4. The molecule has 0 spiro atoms. The van der Waals surface area contributed by atoms with E-state index in [-0.39, 0.29) is 11.9 Å². The number of benzene rings is 2. The van der Waals surface area contributed by atoms with Gasteiger partial charge >= 0.3 is 0 Å². The first kappa shape index (κ1) is 23.5. The molecule has 0 saturated carbocycles. The number of aromatic nitrogens is 2. The van der Waals surface area contributed by atoms with Gasteiger partial charge < -0.3 is 30.9 Å². The van der Waals surface area contributed by atoms with Crippen molar-refractivity contribution in [3.8, 4) is 22.8 Å². The van der Waals surface area contributed by atoms with Crippen LogP contribution in [0.1, 0.15) is 24.3 Å². The highest BCUT2D eigenvalue weighted by molar-refractivity contribution is 5.87. The Kier molecular flexibility index (Phi) is 7.27. The predicted molar refractivity (Wildman–Crippen MR) is 129 cm³/mol. The number of hydrogen-bond acceptors (Lipinski definition) is 7. The Balaban J connectivity index is 1.55. The molecule has 0 radical (unpaired) electrons. The summed E-state index contributed by atoms with van der Waals surface area (Å²) in [6.45, 7) is 1.43. The number of carbonyl (C=O) groups excluding carboxylic acids is 1. The number of aliphatic hydroxyl groups is 1. The average molecular weight is 464 g/mol.